The zero-order valence-corrected chi connectivity index (χ0v) is 9.83. The van der Waals surface area contributed by atoms with E-state index in [0.29, 0.717) is 6.04 Å². The number of nitrogens with one attached hydrogen (secondary N) is 1. The van der Waals surface area contributed by atoms with Crippen molar-refractivity contribution >= 4 is 11.8 Å². The van der Waals surface area contributed by atoms with Crippen molar-refractivity contribution in [1.82, 2.24) is 5.32 Å². The van der Waals surface area contributed by atoms with Crippen molar-refractivity contribution in [3.63, 3.8) is 0 Å². The second-order valence-electron chi connectivity index (χ2n) is 3.97. The van der Waals surface area contributed by atoms with Crippen molar-refractivity contribution in [3.05, 3.63) is 35.4 Å². The monoisotopic (exact) mass is 243 g/mol. The molecule has 0 atom stereocenters. The van der Waals surface area contributed by atoms with Crippen molar-refractivity contribution in [2.45, 2.75) is 25.4 Å². The Morgan fingerprint density at radius 2 is 1.81 bits per heavy atom. The number of halogens is 2. The van der Waals surface area contributed by atoms with Gasteiger partial charge in [-0.1, -0.05) is 6.07 Å². The first kappa shape index (κ1) is 11.9. The van der Waals surface area contributed by atoms with Gasteiger partial charge in [-0.05, 0) is 36.5 Å². The molecule has 1 heterocycles. The number of rotatable bonds is 3. The molecule has 1 N–H and O–H groups in total. The first-order valence-corrected chi connectivity index (χ1v) is 6.67. The lowest BCUT2D eigenvalue weighted by Gasteiger charge is -2.22. The van der Waals surface area contributed by atoms with Crippen LogP contribution in [0.3, 0.4) is 0 Å². The fraction of sp³-hybridized carbons (Fsp3) is 0.500. The molecule has 4 heteroatoms. The SMILES string of the molecule is Fc1cccc(F)c1CNC1CCSCC1. The van der Waals surface area contributed by atoms with Crippen molar-refractivity contribution < 1.29 is 8.78 Å². The van der Waals surface area contributed by atoms with Crippen LogP contribution in [-0.4, -0.2) is 17.5 Å². The summed E-state index contributed by atoms with van der Waals surface area (Å²) in [4.78, 5) is 0. The highest BCUT2D eigenvalue weighted by atomic mass is 32.2. The van der Waals surface area contributed by atoms with Gasteiger partial charge in [0.2, 0.25) is 0 Å². The zero-order chi connectivity index (χ0) is 11.4. The van der Waals surface area contributed by atoms with Crippen LogP contribution in [0.15, 0.2) is 18.2 Å². The minimum absolute atomic E-state index is 0.153. The van der Waals surface area contributed by atoms with E-state index < -0.39 is 11.6 Å². The Balaban J connectivity index is 1.93. The number of hydrogen-bond donors (Lipinski definition) is 1. The van der Waals surface area contributed by atoms with Gasteiger partial charge < -0.3 is 5.32 Å². The van der Waals surface area contributed by atoms with E-state index in [1.165, 1.54) is 18.2 Å². The molecule has 1 aromatic rings. The fourth-order valence-electron chi connectivity index (χ4n) is 1.85. The highest BCUT2D eigenvalue weighted by Crippen LogP contribution is 2.18. The van der Waals surface area contributed by atoms with Gasteiger partial charge in [0, 0.05) is 18.2 Å². The summed E-state index contributed by atoms with van der Waals surface area (Å²) in [6.45, 7) is 0.286. The van der Waals surface area contributed by atoms with E-state index >= 15 is 0 Å². The van der Waals surface area contributed by atoms with Crippen LogP contribution in [0, 0.1) is 11.6 Å². The van der Waals surface area contributed by atoms with Crippen LogP contribution in [-0.2, 0) is 6.54 Å². The molecule has 0 radical (unpaired) electrons. The summed E-state index contributed by atoms with van der Waals surface area (Å²) in [5.74, 6) is 1.35. The summed E-state index contributed by atoms with van der Waals surface area (Å²) in [6.07, 6.45) is 2.17. The fourth-order valence-corrected chi connectivity index (χ4v) is 2.96. The van der Waals surface area contributed by atoms with Gasteiger partial charge in [0.15, 0.2) is 0 Å². The second kappa shape index (κ2) is 5.64. The van der Waals surface area contributed by atoms with Crippen molar-refractivity contribution in [1.29, 1.82) is 0 Å². The van der Waals surface area contributed by atoms with Gasteiger partial charge in [-0.2, -0.15) is 11.8 Å². The Labute approximate surface area is 98.6 Å². The van der Waals surface area contributed by atoms with Gasteiger partial charge >= 0.3 is 0 Å². The van der Waals surface area contributed by atoms with Gasteiger partial charge in [0.05, 0.1) is 0 Å². The molecule has 16 heavy (non-hydrogen) atoms. The molecule has 0 aliphatic carbocycles. The Kier molecular flexibility index (Phi) is 4.18. The normalized spacial score (nSPS) is 17.6. The van der Waals surface area contributed by atoms with Crippen LogP contribution in [0.5, 0.6) is 0 Å². The lowest BCUT2D eigenvalue weighted by Crippen LogP contribution is -2.32. The summed E-state index contributed by atoms with van der Waals surface area (Å²) < 4.78 is 26.6. The highest BCUT2D eigenvalue weighted by molar-refractivity contribution is 7.99. The lowest BCUT2D eigenvalue weighted by molar-refractivity contribution is 0.460. The van der Waals surface area contributed by atoms with Crippen LogP contribution in [0.2, 0.25) is 0 Å². The number of benzene rings is 1. The minimum Gasteiger partial charge on any atom is -0.310 e. The summed E-state index contributed by atoms with van der Waals surface area (Å²) in [5.41, 5.74) is 0.153. The molecule has 1 nitrogen and oxygen atoms in total. The minimum atomic E-state index is -0.460. The molecule has 0 spiro atoms. The second-order valence-corrected chi connectivity index (χ2v) is 5.19. The number of thioether (sulfide) groups is 1. The van der Waals surface area contributed by atoms with E-state index in [1.807, 2.05) is 11.8 Å². The maximum atomic E-state index is 13.3. The average Bonchev–Trinajstić information content (AvgIpc) is 2.30. The van der Waals surface area contributed by atoms with Crippen LogP contribution in [0.25, 0.3) is 0 Å². The molecule has 0 saturated carbocycles. The van der Waals surface area contributed by atoms with E-state index in [1.54, 1.807) is 0 Å². The van der Waals surface area contributed by atoms with Gasteiger partial charge in [0.25, 0.3) is 0 Å². The highest BCUT2D eigenvalue weighted by Gasteiger charge is 2.15. The molecule has 0 unspecified atom stereocenters. The summed E-state index contributed by atoms with van der Waals surface area (Å²) in [5, 5.41) is 3.23. The quantitative estimate of drug-likeness (QED) is 0.876. The van der Waals surface area contributed by atoms with Crippen LogP contribution < -0.4 is 5.32 Å². The Bertz CT molecular complexity index is 331. The third-order valence-electron chi connectivity index (χ3n) is 2.85. The van der Waals surface area contributed by atoms with E-state index in [-0.39, 0.29) is 12.1 Å². The Morgan fingerprint density at radius 3 is 2.44 bits per heavy atom. The van der Waals surface area contributed by atoms with E-state index in [9.17, 15) is 8.78 Å². The van der Waals surface area contributed by atoms with Gasteiger partial charge in [-0.3, -0.25) is 0 Å². The summed E-state index contributed by atoms with van der Waals surface area (Å²) >= 11 is 1.94. The smallest absolute Gasteiger partial charge is 0.130 e. The van der Waals surface area contributed by atoms with Crippen molar-refractivity contribution in [3.8, 4) is 0 Å². The molecule has 1 fully saturated rings. The standard InChI is InChI=1S/C12H15F2NS/c13-11-2-1-3-12(14)10(11)8-15-9-4-6-16-7-5-9/h1-3,9,15H,4-8H2. The molecular weight excluding hydrogens is 228 g/mol. The first-order chi connectivity index (χ1) is 7.77. The van der Waals surface area contributed by atoms with Gasteiger partial charge in [-0.25, -0.2) is 8.78 Å². The molecule has 0 aromatic heterocycles. The molecule has 88 valence electrons. The molecule has 2 rings (SSSR count). The van der Waals surface area contributed by atoms with Crippen LogP contribution in [0.4, 0.5) is 8.78 Å². The van der Waals surface area contributed by atoms with E-state index in [4.69, 9.17) is 0 Å². The molecular formula is C12H15F2NS. The molecule has 1 aliphatic rings. The Morgan fingerprint density at radius 1 is 1.19 bits per heavy atom. The van der Waals surface area contributed by atoms with Crippen molar-refractivity contribution in [2.75, 3.05) is 11.5 Å². The summed E-state index contributed by atoms with van der Waals surface area (Å²) in [6, 6.07) is 4.40. The summed E-state index contributed by atoms with van der Waals surface area (Å²) in [7, 11) is 0. The lowest BCUT2D eigenvalue weighted by atomic mass is 10.1. The topological polar surface area (TPSA) is 12.0 Å². The molecule has 0 amide bonds. The van der Waals surface area contributed by atoms with Crippen molar-refractivity contribution in [2.24, 2.45) is 0 Å². The predicted molar refractivity (Wildman–Crippen MR) is 63.5 cm³/mol. The molecule has 0 bridgehead atoms. The third kappa shape index (κ3) is 2.95. The van der Waals surface area contributed by atoms with Gasteiger partial charge in [-0.15, -0.1) is 0 Å². The van der Waals surface area contributed by atoms with Gasteiger partial charge in [0.1, 0.15) is 11.6 Å². The van der Waals surface area contributed by atoms with E-state index in [2.05, 4.69) is 5.32 Å². The van der Waals surface area contributed by atoms with Crippen LogP contribution in [0.1, 0.15) is 18.4 Å². The molecule has 1 aromatic carbocycles. The maximum absolute atomic E-state index is 13.3. The zero-order valence-electron chi connectivity index (χ0n) is 9.01. The first-order valence-electron chi connectivity index (χ1n) is 5.51. The van der Waals surface area contributed by atoms with E-state index in [0.717, 1.165) is 24.3 Å². The molecule has 1 aliphatic heterocycles. The third-order valence-corrected chi connectivity index (χ3v) is 3.90. The largest absolute Gasteiger partial charge is 0.310 e. The maximum Gasteiger partial charge on any atom is 0.130 e. The Hall–Kier alpha value is -0.610. The predicted octanol–water partition coefficient (Wildman–Crippen LogP) is 2.95. The number of hydrogen-bond acceptors (Lipinski definition) is 2. The van der Waals surface area contributed by atoms with Crippen LogP contribution >= 0.6 is 11.8 Å². The average molecular weight is 243 g/mol. The molecule has 1 saturated heterocycles.